The number of amides is 1. The van der Waals surface area contributed by atoms with Gasteiger partial charge in [-0.15, -0.1) is 0 Å². The number of aliphatic hydroxyl groups excluding tert-OH is 1. The zero-order valence-corrected chi connectivity index (χ0v) is 10.1. The van der Waals surface area contributed by atoms with E-state index in [0.29, 0.717) is 11.8 Å². The van der Waals surface area contributed by atoms with Crippen molar-refractivity contribution < 1.29 is 9.90 Å². The number of hydrogen-bond donors (Lipinski definition) is 1. The van der Waals surface area contributed by atoms with Crippen molar-refractivity contribution in [2.75, 3.05) is 19.7 Å². The number of allylic oxidation sites excluding steroid dienone is 2. The zero-order valence-electron chi connectivity index (χ0n) is 10.1. The molecule has 4 unspecified atom stereocenters. The molecule has 16 heavy (non-hydrogen) atoms. The smallest absolute Gasteiger partial charge is 0.226 e. The second kappa shape index (κ2) is 4.58. The lowest BCUT2D eigenvalue weighted by Gasteiger charge is -2.30. The lowest BCUT2D eigenvalue weighted by atomic mass is 9.82. The molecule has 0 heterocycles. The van der Waals surface area contributed by atoms with Crippen LogP contribution in [0.3, 0.4) is 0 Å². The van der Waals surface area contributed by atoms with Crippen LogP contribution in [0.25, 0.3) is 0 Å². The summed E-state index contributed by atoms with van der Waals surface area (Å²) in [6.45, 7) is 5.70. The van der Waals surface area contributed by atoms with Gasteiger partial charge in [0.15, 0.2) is 0 Å². The Labute approximate surface area is 97.1 Å². The van der Waals surface area contributed by atoms with Crippen molar-refractivity contribution in [2.45, 2.75) is 20.3 Å². The lowest BCUT2D eigenvalue weighted by Crippen LogP contribution is -2.41. The SMILES string of the molecule is CCN(CC)C(=O)C1C2C=CC(C2)C1CO. The van der Waals surface area contributed by atoms with Crippen molar-refractivity contribution in [3.63, 3.8) is 0 Å². The molecular formula is C13H21NO2. The predicted octanol–water partition coefficient (Wildman–Crippen LogP) is 1.29. The molecule has 1 fully saturated rings. The molecule has 3 nitrogen and oxygen atoms in total. The van der Waals surface area contributed by atoms with Gasteiger partial charge in [-0.25, -0.2) is 0 Å². The van der Waals surface area contributed by atoms with Crippen LogP contribution in [-0.2, 0) is 4.79 Å². The van der Waals surface area contributed by atoms with E-state index in [9.17, 15) is 9.90 Å². The predicted molar refractivity (Wildman–Crippen MR) is 62.7 cm³/mol. The molecule has 90 valence electrons. The van der Waals surface area contributed by atoms with Gasteiger partial charge in [0.25, 0.3) is 0 Å². The third-order valence-corrected chi connectivity index (χ3v) is 4.19. The molecule has 3 heteroatoms. The molecule has 0 aromatic rings. The minimum Gasteiger partial charge on any atom is -0.396 e. The molecule has 1 saturated carbocycles. The number of nitrogens with zero attached hydrogens (tertiary/aromatic N) is 1. The van der Waals surface area contributed by atoms with Crippen molar-refractivity contribution in [1.29, 1.82) is 0 Å². The van der Waals surface area contributed by atoms with Crippen LogP contribution in [0.15, 0.2) is 12.2 Å². The Balaban J connectivity index is 2.14. The van der Waals surface area contributed by atoms with E-state index in [-0.39, 0.29) is 24.3 Å². The highest BCUT2D eigenvalue weighted by atomic mass is 16.3. The highest BCUT2D eigenvalue weighted by Gasteiger charge is 2.48. The Morgan fingerprint density at radius 2 is 1.94 bits per heavy atom. The summed E-state index contributed by atoms with van der Waals surface area (Å²) in [4.78, 5) is 14.2. The molecule has 0 aromatic carbocycles. The Hall–Kier alpha value is -0.830. The topological polar surface area (TPSA) is 40.5 Å². The van der Waals surface area contributed by atoms with Crippen LogP contribution in [0.1, 0.15) is 20.3 Å². The van der Waals surface area contributed by atoms with Gasteiger partial charge in [0, 0.05) is 31.5 Å². The van der Waals surface area contributed by atoms with Crippen LogP contribution in [0, 0.1) is 23.7 Å². The average Bonchev–Trinajstić information content (AvgIpc) is 2.89. The van der Waals surface area contributed by atoms with E-state index in [0.717, 1.165) is 19.5 Å². The first kappa shape index (κ1) is 11.6. The summed E-state index contributed by atoms with van der Waals surface area (Å²) >= 11 is 0. The summed E-state index contributed by atoms with van der Waals surface area (Å²) in [6, 6.07) is 0. The standard InChI is InChI=1S/C13H21NO2/c1-3-14(4-2)13(16)12-10-6-5-9(7-10)11(12)8-15/h5-6,9-12,15H,3-4,7-8H2,1-2H3. The third kappa shape index (κ3) is 1.67. The molecule has 0 spiro atoms. The largest absolute Gasteiger partial charge is 0.396 e. The fourth-order valence-electron chi connectivity index (χ4n) is 3.29. The molecule has 2 aliphatic rings. The van der Waals surface area contributed by atoms with E-state index in [1.807, 2.05) is 18.7 Å². The quantitative estimate of drug-likeness (QED) is 0.729. The van der Waals surface area contributed by atoms with Crippen LogP contribution in [-0.4, -0.2) is 35.6 Å². The fraction of sp³-hybridized carbons (Fsp3) is 0.769. The number of carbonyl (C=O) groups is 1. The van der Waals surface area contributed by atoms with Crippen molar-refractivity contribution in [3.8, 4) is 0 Å². The highest BCUT2D eigenvalue weighted by molar-refractivity contribution is 5.80. The average molecular weight is 223 g/mol. The summed E-state index contributed by atoms with van der Waals surface area (Å²) in [5, 5.41) is 9.43. The van der Waals surface area contributed by atoms with Gasteiger partial charge in [-0.3, -0.25) is 4.79 Å². The molecule has 0 radical (unpaired) electrons. The van der Waals surface area contributed by atoms with E-state index in [1.54, 1.807) is 0 Å². The molecule has 0 aliphatic heterocycles. The van der Waals surface area contributed by atoms with Gasteiger partial charge in [0.2, 0.25) is 5.91 Å². The van der Waals surface area contributed by atoms with E-state index in [4.69, 9.17) is 0 Å². The molecular weight excluding hydrogens is 202 g/mol. The van der Waals surface area contributed by atoms with E-state index < -0.39 is 0 Å². The van der Waals surface area contributed by atoms with Gasteiger partial charge < -0.3 is 10.0 Å². The summed E-state index contributed by atoms with van der Waals surface area (Å²) in [5.74, 6) is 1.22. The van der Waals surface area contributed by atoms with Crippen LogP contribution in [0.5, 0.6) is 0 Å². The minimum absolute atomic E-state index is 0.0277. The van der Waals surface area contributed by atoms with Gasteiger partial charge in [0.1, 0.15) is 0 Å². The first-order valence-electron chi connectivity index (χ1n) is 6.30. The molecule has 2 bridgehead atoms. The first-order valence-corrected chi connectivity index (χ1v) is 6.30. The summed E-state index contributed by atoms with van der Waals surface area (Å²) < 4.78 is 0. The molecule has 4 atom stereocenters. The van der Waals surface area contributed by atoms with Gasteiger partial charge in [-0.2, -0.15) is 0 Å². The fourth-order valence-corrected chi connectivity index (χ4v) is 3.29. The Morgan fingerprint density at radius 1 is 1.31 bits per heavy atom. The van der Waals surface area contributed by atoms with E-state index >= 15 is 0 Å². The van der Waals surface area contributed by atoms with Gasteiger partial charge in [-0.1, -0.05) is 12.2 Å². The van der Waals surface area contributed by atoms with Gasteiger partial charge >= 0.3 is 0 Å². The maximum absolute atomic E-state index is 12.3. The lowest BCUT2D eigenvalue weighted by molar-refractivity contribution is -0.138. The monoisotopic (exact) mass is 223 g/mol. The number of aliphatic hydroxyl groups is 1. The molecule has 1 amide bonds. The van der Waals surface area contributed by atoms with Gasteiger partial charge in [-0.05, 0) is 32.1 Å². The zero-order chi connectivity index (χ0) is 11.7. The Bertz CT molecular complexity index is 296. The van der Waals surface area contributed by atoms with Crippen molar-refractivity contribution >= 4 is 5.91 Å². The van der Waals surface area contributed by atoms with Crippen LogP contribution >= 0.6 is 0 Å². The summed E-state index contributed by atoms with van der Waals surface area (Å²) in [5.41, 5.74) is 0. The number of hydrogen-bond acceptors (Lipinski definition) is 2. The second-order valence-corrected chi connectivity index (χ2v) is 4.83. The van der Waals surface area contributed by atoms with Crippen LogP contribution in [0.4, 0.5) is 0 Å². The second-order valence-electron chi connectivity index (χ2n) is 4.83. The maximum Gasteiger partial charge on any atom is 0.226 e. The molecule has 0 saturated heterocycles. The summed E-state index contributed by atoms with van der Waals surface area (Å²) in [7, 11) is 0. The van der Waals surface area contributed by atoms with Crippen LogP contribution < -0.4 is 0 Å². The Kier molecular flexibility index (Phi) is 3.33. The number of fused-ring (bicyclic) bond motifs is 2. The summed E-state index contributed by atoms with van der Waals surface area (Å²) in [6.07, 6.45) is 5.41. The van der Waals surface area contributed by atoms with Crippen molar-refractivity contribution in [3.05, 3.63) is 12.2 Å². The molecule has 2 rings (SSSR count). The molecule has 1 N–H and O–H groups in total. The highest BCUT2D eigenvalue weighted by Crippen LogP contribution is 2.48. The normalized spacial score (nSPS) is 35.7. The van der Waals surface area contributed by atoms with Crippen molar-refractivity contribution in [2.24, 2.45) is 23.7 Å². The van der Waals surface area contributed by atoms with E-state index in [1.165, 1.54) is 0 Å². The number of rotatable bonds is 4. The van der Waals surface area contributed by atoms with Gasteiger partial charge in [0.05, 0.1) is 0 Å². The third-order valence-electron chi connectivity index (χ3n) is 4.19. The molecule has 0 aromatic heterocycles. The minimum atomic E-state index is 0.0277. The Morgan fingerprint density at radius 3 is 2.50 bits per heavy atom. The maximum atomic E-state index is 12.3. The molecule has 2 aliphatic carbocycles. The van der Waals surface area contributed by atoms with Crippen molar-refractivity contribution in [1.82, 2.24) is 4.90 Å². The van der Waals surface area contributed by atoms with Crippen LogP contribution in [0.2, 0.25) is 0 Å². The first-order chi connectivity index (χ1) is 7.72. The number of carbonyl (C=O) groups excluding carboxylic acids is 1. The van der Waals surface area contributed by atoms with E-state index in [2.05, 4.69) is 12.2 Å².